The van der Waals surface area contributed by atoms with Gasteiger partial charge in [-0.05, 0) is 55.9 Å². The first-order chi connectivity index (χ1) is 15.1. The van der Waals surface area contributed by atoms with Crippen molar-refractivity contribution in [2.45, 2.75) is 50.9 Å². The molecule has 0 radical (unpaired) electrons. The Labute approximate surface area is 185 Å². The fourth-order valence-electron chi connectivity index (χ4n) is 5.11. The second-order valence-electron chi connectivity index (χ2n) is 9.16. The van der Waals surface area contributed by atoms with Gasteiger partial charge in [0.05, 0.1) is 5.92 Å². The quantitative estimate of drug-likeness (QED) is 0.726. The molecule has 1 saturated carbocycles. The van der Waals surface area contributed by atoms with Crippen LogP contribution in [0.25, 0.3) is 0 Å². The monoisotopic (exact) mass is 419 g/mol. The van der Waals surface area contributed by atoms with Crippen molar-refractivity contribution in [2.24, 2.45) is 5.92 Å². The van der Waals surface area contributed by atoms with Crippen LogP contribution in [-0.2, 0) is 10.2 Å². The summed E-state index contributed by atoms with van der Waals surface area (Å²) in [5, 5.41) is 6.22. The second kappa shape index (κ2) is 9.54. The second-order valence-corrected chi connectivity index (χ2v) is 9.16. The van der Waals surface area contributed by atoms with Crippen LogP contribution in [0, 0.1) is 12.8 Å². The third-order valence-corrected chi connectivity index (χ3v) is 6.90. The highest BCUT2D eigenvalue weighted by molar-refractivity contribution is 5.90. The third kappa shape index (κ3) is 5.09. The molecule has 2 fully saturated rings. The Kier molecular flexibility index (Phi) is 6.59. The van der Waals surface area contributed by atoms with Crippen molar-refractivity contribution in [3.05, 3.63) is 65.7 Å². The molecule has 2 aliphatic rings. The zero-order valence-corrected chi connectivity index (χ0v) is 18.4. The van der Waals surface area contributed by atoms with Gasteiger partial charge in [0, 0.05) is 30.7 Å². The van der Waals surface area contributed by atoms with Gasteiger partial charge < -0.3 is 15.5 Å². The van der Waals surface area contributed by atoms with Gasteiger partial charge in [-0.25, -0.2) is 4.79 Å². The maximum Gasteiger partial charge on any atom is 0.321 e. The molecule has 1 atom stereocenters. The minimum Gasteiger partial charge on any atom is -0.355 e. The van der Waals surface area contributed by atoms with Gasteiger partial charge >= 0.3 is 6.03 Å². The SMILES string of the molecule is Cc1cccc(NC(=O)N2CCCC(C(=O)NCC3(c4ccccc4)CCCC3)C2)c1. The highest BCUT2D eigenvalue weighted by Gasteiger charge is 2.37. The molecule has 1 aliphatic heterocycles. The molecular weight excluding hydrogens is 386 g/mol. The van der Waals surface area contributed by atoms with Crippen LogP contribution in [0.5, 0.6) is 0 Å². The van der Waals surface area contributed by atoms with E-state index < -0.39 is 0 Å². The van der Waals surface area contributed by atoms with Gasteiger partial charge in [-0.15, -0.1) is 0 Å². The standard InChI is InChI=1S/C26H33N3O2/c1-20-9-7-13-23(17-20)28-25(31)29-16-8-10-21(18-29)24(30)27-19-26(14-5-6-15-26)22-11-3-2-4-12-22/h2-4,7,9,11-13,17,21H,5-6,8,10,14-16,18-19H2,1H3,(H,27,30)(H,28,31). The Balaban J connectivity index is 1.35. The molecule has 0 spiro atoms. The van der Waals surface area contributed by atoms with Gasteiger partial charge in [-0.1, -0.05) is 55.3 Å². The Morgan fingerprint density at radius 3 is 2.55 bits per heavy atom. The Morgan fingerprint density at radius 2 is 1.81 bits per heavy atom. The molecule has 164 valence electrons. The molecular formula is C26H33N3O2. The van der Waals surface area contributed by atoms with Gasteiger partial charge in [0.15, 0.2) is 0 Å². The van der Waals surface area contributed by atoms with E-state index in [9.17, 15) is 9.59 Å². The van der Waals surface area contributed by atoms with E-state index in [-0.39, 0.29) is 23.3 Å². The lowest BCUT2D eigenvalue weighted by atomic mass is 9.78. The Morgan fingerprint density at radius 1 is 1.03 bits per heavy atom. The fourth-order valence-corrected chi connectivity index (χ4v) is 5.11. The van der Waals surface area contributed by atoms with Crippen molar-refractivity contribution in [1.82, 2.24) is 10.2 Å². The van der Waals surface area contributed by atoms with Gasteiger partial charge in [0.25, 0.3) is 0 Å². The van der Waals surface area contributed by atoms with Crippen molar-refractivity contribution >= 4 is 17.6 Å². The molecule has 1 unspecified atom stereocenters. The summed E-state index contributed by atoms with van der Waals surface area (Å²) in [6.45, 7) is 3.85. The molecule has 1 heterocycles. The number of piperidine rings is 1. The number of rotatable bonds is 5. The summed E-state index contributed by atoms with van der Waals surface area (Å²) in [6, 6.07) is 18.3. The molecule has 2 aromatic carbocycles. The number of nitrogens with one attached hydrogen (secondary N) is 2. The molecule has 4 rings (SSSR count). The van der Waals surface area contributed by atoms with E-state index in [0.717, 1.165) is 36.9 Å². The molecule has 2 aromatic rings. The topological polar surface area (TPSA) is 61.4 Å². The van der Waals surface area contributed by atoms with Crippen LogP contribution in [0.1, 0.15) is 49.7 Å². The van der Waals surface area contributed by atoms with Gasteiger partial charge in [-0.3, -0.25) is 4.79 Å². The van der Waals surface area contributed by atoms with E-state index in [1.165, 1.54) is 18.4 Å². The lowest BCUT2D eigenvalue weighted by Crippen LogP contribution is -2.48. The minimum absolute atomic E-state index is 0.0494. The fraction of sp³-hybridized carbons (Fsp3) is 0.462. The molecule has 1 aliphatic carbocycles. The lowest BCUT2D eigenvalue weighted by molar-refractivity contribution is -0.126. The first-order valence-electron chi connectivity index (χ1n) is 11.5. The predicted molar refractivity (Wildman–Crippen MR) is 124 cm³/mol. The summed E-state index contributed by atoms with van der Waals surface area (Å²) in [4.78, 5) is 27.5. The summed E-state index contributed by atoms with van der Waals surface area (Å²) in [5.74, 6) is -0.0681. The molecule has 0 aromatic heterocycles. The number of amides is 3. The lowest BCUT2D eigenvalue weighted by Gasteiger charge is -2.34. The smallest absolute Gasteiger partial charge is 0.321 e. The van der Waals surface area contributed by atoms with Crippen LogP contribution in [-0.4, -0.2) is 36.5 Å². The number of hydrogen-bond donors (Lipinski definition) is 2. The van der Waals surface area contributed by atoms with Gasteiger partial charge in [0.2, 0.25) is 5.91 Å². The Bertz CT molecular complexity index is 906. The number of anilines is 1. The number of benzene rings is 2. The molecule has 5 heteroatoms. The van der Waals surface area contributed by atoms with E-state index >= 15 is 0 Å². The van der Waals surface area contributed by atoms with Crippen LogP contribution >= 0.6 is 0 Å². The number of carbonyl (C=O) groups excluding carboxylic acids is 2. The zero-order chi connectivity index (χ0) is 21.7. The van der Waals surface area contributed by atoms with Gasteiger partial charge in [-0.2, -0.15) is 0 Å². The number of carbonyl (C=O) groups is 2. The highest BCUT2D eigenvalue weighted by atomic mass is 16.2. The number of nitrogens with zero attached hydrogens (tertiary/aromatic N) is 1. The molecule has 5 nitrogen and oxygen atoms in total. The van der Waals surface area contributed by atoms with Crippen molar-refractivity contribution in [3.63, 3.8) is 0 Å². The van der Waals surface area contributed by atoms with E-state index in [0.29, 0.717) is 19.6 Å². The van der Waals surface area contributed by atoms with Crippen molar-refractivity contribution < 1.29 is 9.59 Å². The van der Waals surface area contributed by atoms with Crippen molar-refractivity contribution in [1.29, 1.82) is 0 Å². The van der Waals surface area contributed by atoms with Crippen molar-refractivity contribution in [2.75, 3.05) is 25.0 Å². The number of aryl methyl sites for hydroxylation is 1. The predicted octanol–water partition coefficient (Wildman–Crippen LogP) is 4.87. The highest BCUT2D eigenvalue weighted by Crippen LogP contribution is 2.40. The van der Waals surface area contributed by atoms with Crippen LogP contribution in [0.15, 0.2) is 54.6 Å². The molecule has 2 N–H and O–H groups in total. The van der Waals surface area contributed by atoms with Crippen molar-refractivity contribution in [3.8, 4) is 0 Å². The molecule has 31 heavy (non-hydrogen) atoms. The van der Waals surface area contributed by atoms with Crippen LogP contribution in [0.2, 0.25) is 0 Å². The number of urea groups is 1. The average Bonchev–Trinajstić information content (AvgIpc) is 3.28. The number of hydrogen-bond acceptors (Lipinski definition) is 2. The third-order valence-electron chi connectivity index (χ3n) is 6.90. The Hall–Kier alpha value is -2.82. The van der Waals surface area contributed by atoms with Crippen LogP contribution < -0.4 is 10.6 Å². The van der Waals surface area contributed by atoms with Crippen LogP contribution in [0.3, 0.4) is 0 Å². The maximum absolute atomic E-state index is 13.0. The first-order valence-corrected chi connectivity index (χ1v) is 11.5. The number of likely N-dealkylation sites (tertiary alicyclic amines) is 1. The van der Waals surface area contributed by atoms with E-state index in [1.54, 1.807) is 4.90 Å². The van der Waals surface area contributed by atoms with Crippen LogP contribution in [0.4, 0.5) is 10.5 Å². The summed E-state index contributed by atoms with van der Waals surface area (Å²) >= 11 is 0. The summed E-state index contributed by atoms with van der Waals surface area (Å²) < 4.78 is 0. The summed E-state index contributed by atoms with van der Waals surface area (Å²) in [5.41, 5.74) is 3.28. The minimum atomic E-state index is -0.147. The van der Waals surface area contributed by atoms with E-state index in [2.05, 4.69) is 34.9 Å². The van der Waals surface area contributed by atoms with E-state index in [4.69, 9.17) is 0 Å². The largest absolute Gasteiger partial charge is 0.355 e. The molecule has 3 amide bonds. The van der Waals surface area contributed by atoms with E-state index in [1.807, 2.05) is 37.3 Å². The average molecular weight is 420 g/mol. The molecule has 1 saturated heterocycles. The van der Waals surface area contributed by atoms with Gasteiger partial charge in [0.1, 0.15) is 0 Å². The normalized spacial score (nSPS) is 20.3. The maximum atomic E-state index is 13.0. The first kappa shape index (κ1) is 21.4. The molecule has 0 bridgehead atoms. The zero-order valence-electron chi connectivity index (χ0n) is 18.4. The summed E-state index contributed by atoms with van der Waals surface area (Å²) in [6.07, 6.45) is 6.34. The summed E-state index contributed by atoms with van der Waals surface area (Å²) in [7, 11) is 0.